The van der Waals surface area contributed by atoms with E-state index >= 15 is 0 Å². The zero-order valence-electron chi connectivity index (χ0n) is 10.0. The fraction of sp³-hybridized carbons (Fsp3) is 0.308. The lowest BCUT2D eigenvalue weighted by atomic mass is 9.92. The SMILES string of the molecule is CC(C)(C)c1cc(-c2cc(Cl)cc(Cl)c2)n[nH]1. The molecule has 0 saturated carbocycles. The van der Waals surface area contributed by atoms with Crippen LogP contribution >= 0.6 is 23.2 Å². The zero-order chi connectivity index (χ0) is 12.6. The molecule has 0 aliphatic heterocycles. The smallest absolute Gasteiger partial charge is 0.0924 e. The van der Waals surface area contributed by atoms with Gasteiger partial charge in [-0.1, -0.05) is 44.0 Å². The van der Waals surface area contributed by atoms with Gasteiger partial charge in [-0.25, -0.2) is 0 Å². The van der Waals surface area contributed by atoms with E-state index in [2.05, 4.69) is 31.0 Å². The quantitative estimate of drug-likeness (QED) is 0.799. The molecule has 17 heavy (non-hydrogen) atoms. The minimum atomic E-state index is 0.0492. The van der Waals surface area contributed by atoms with Crippen LogP contribution in [0.1, 0.15) is 26.5 Å². The lowest BCUT2D eigenvalue weighted by molar-refractivity contribution is 0.567. The molecule has 1 aromatic heterocycles. The topological polar surface area (TPSA) is 28.7 Å². The average Bonchev–Trinajstić information content (AvgIpc) is 2.63. The van der Waals surface area contributed by atoms with Crippen LogP contribution in [0.3, 0.4) is 0 Å². The summed E-state index contributed by atoms with van der Waals surface area (Å²) in [6.45, 7) is 6.40. The zero-order valence-corrected chi connectivity index (χ0v) is 11.5. The Bertz CT molecular complexity index is 518. The molecule has 2 rings (SSSR count). The molecule has 90 valence electrons. The van der Waals surface area contributed by atoms with Crippen LogP contribution in [0.4, 0.5) is 0 Å². The van der Waals surface area contributed by atoms with Gasteiger partial charge in [-0.3, -0.25) is 5.10 Å². The van der Waals surface area contributed by atoms with Gasteiger partial charge in [0, 0.05) is 26.7 Å². The van der Waals surface area contributed by atoms with Crippen molar-refractivity contribution >= 4 is 23.2 Å². The number of benzene rings is 1. The van der Waals surface area contributed by atoms with Crippen LogP contribution in [0, 0.1) is 0 Å². The number of nitrogens with one attached hydrogen (secondary N) is 1. The minimum absolute atomic E-state index is 0.0492. The van der Waals surface area contributed by atoms with E-state index in [1.54, 1.807) is 6.07 Å². The van der Waals surface area contributed by atoms with Crippen LogP contribution in [-0.2, 0) is 5.41 Å². The van der Waals surface area contributed by atoms with Crippen LogP contribution in [0.2, 0.25) is 10.0 Å². The Labute approximate surface area is 111 Å². The molecule has 1 N–H and O–H groups in total. The molecule has 1 heterocycles. The van der Waals surface area contributed by atoms with Gasteiger partial charge >= 0.3 is 0 Å². The molecule has 0 aliphatic carbocycles. The van der Waals surface area contributed by atoms with Crippen molar-refractivity contribution in [1.29, 1.82) is 0 Å². The van der Waals surface area contributed by atoms with Crippen molar-refractivity contribution in [2.45, 2.75) is 26.2 Å². The minimum Gasteiger partial charge on any atom is -0.281 e. The third kappa shape index (κ3) is 2.82. The van der Waals surface area contributed by atoms with Gasteiger partial charge in [0.05, 0.1) is 5.69 Å². The molecule has 0 fully saturated rings. The molecule has 0 amide bonds. The van der Waals surface area contributed by atoms with Crippen LogP contribution in [0.25, 0.3) is 11.3 Å². The standard InChI is InChI=1S/C13H14Cl2N2/c1-13(2,3)12-7-11(16-17-12)8-4-9(14)6-10(15)5-8/h4-7H,1-3H3,(H,16,17). The van der Waals surface area contributed by atoms with Crippen molar-refractivity contribution in [2.75, 3.05) is 0 Å². The Morgan fingerprint density at radius 2 is 1.59 bits per heavy atom. The summed E-state index contributed by atoms with van der Waals surface area (Å²) in [5.41, 5.74) is 2.92. The lowest BCUT2D eigenvalue weighted by Gasteiger charge is -2.14. The normalized spacial score (nSPS) is 11.8. The Hall–Kier alpha value is -0.990. The third-order valence-electron chi connectivity index (χ3n) is 2.54. The van der Waals surface area contributed by atoms with Crippen LogP contribution in [0.5, 0.6) is 0 Å². The summed E-state index contributed by atoms with van der Waals surface area (Å²) >= 11 is 11.9. The van der Waals surface area contributed by atoms with Crippen molar-refractivity contribution in [3.05, 3.63) is 40.0 Å². The van der Waals surface area contributed by atoms with E-state index in [0.29, 0.717) is 10.0 Å². The molecular weight excluding hydrogens is 255 g/mol. The third-order valence-corrected chi connectivity index (χ3v) is 2.98. The summed E-state index contributed by atoms with van der Waals surface area (Å²) in [5, 5.41) is 8.58. The summed E-state index contributed by atoms with van der Waals surface area (Å²) < 4.78 is 0. The van der Waals surface area contributed by atoms with E-state index < -0.39 is 0 Å². The first kappa shape index (κ1) is 12.5. The summed E-state index contributed by atoms with van der Waals surface area (Å²) in [5.74, 6) is 0. The molecule has 2 nitrogen and oxygen atoms in total. The number of H-pyrrole nitrogens is 1. The number of hydrogen-bond acceptors (Lipinski definition) is 1. The van der Waals surface area contributed by atoms with Gasteiger partial charge in [0.2, 0.25) is 0 Å². The molecule has 0 bridgehead atoms. The van der Waals surface area contributed by atoms with E-state index in [0.717, 1.165) is 17.0 Å². The van der Waals surface area contributed by atoms with E-state index in [4.69, 9.17) is 23.2 Å². The number of rotatable bonds is 1. The highest BCUT2D eigenvalue weighted by Gasteiger charge is 2.17. The highest BCUT2D eigenvalue weighted by molar-refractivity contribution is 6.35. The van der Waals surface area contributed by atoms with Gasteiger partial charge in [0.25, 0.3) is 0 Å². The van der Waals surface area contributed by atoms with E-state index in [9.17, 15) is 0 Å². The number of aromatic amines is 1. The van der Waals surface area contributed by atoms with E-state index in [-0.39, 0.29) is 5.41 Å². The highest BCUT2D eigenvalue weighted by Crippen LogP contribution is 2.29. The number of aromatic nitrogens is 2. The molecular formula is C13H14Cl2N2. The Morgan fingerprint density at radius 1 is 1.00 bits per heavy atom. The molecule has 0 unspecified atom stereocenters. The number of hydrogen-bond donors (Lipinski definition) is 1. The summed E-state index contributed by atoms with van der Waals surface area (Å²) in [4.78, 5) is 0. The summed E-state index contributed by atoms with van der Waals surface area (Å²) in [7, 11) is 0. The van der Waals surface area contributed by atoms with Gasteiger partial charge in [0.1, 0.15) is 0 Å². The maximum absolute atomic E-state index is 5.97. The molecule has 2 aromatic rings. The van der Waals surface area contributed by atoms with Crippen LogP contribution < -0.4 is 0 Å². The molecule has 0 aliphatic rings. The van der Waals surface area contributed by atoms with Gasteiger partial charge < -0.3 is 0 Å². The van der Waals surface area contributed by atoms with Crippen LogP contribution in [-0.4, -0.2) is 10.2 Å². The number of nitrogens with zero attached hydrogens (tertiary/aromatic N) is 1. The van der Waals surface area contributed by atoms with Crippen molar-refractivity contribution in [2.24, 2.45) is 0 Å². The second-order valence-electron chi connectivity index (χ2n) is 5.07. The van der Waals surface area contributed by atoms with Gasteiger partial charge in [0.15, 0.2) is 0 Å². The highest BCUT2D eigenvalue weighted by atomic mass is 35.5. The average molecular weight is 269 g/mol. The van der Waals surface area contributed by atoms with Crippen molar-refractivity contribution in [1.82, 2.24) is 10.2 Å². The first-order valence-corrected chi connectivity index (χ1v) is 6.14. The second kappa shape index (κ2) is 4.35. The molecule has 0 saturated heterocycles. The Kier molecular flexibility index (Phi) is 3.19. The fourth-order valence-corrected chi connectivity index (χ4v) is 2.08. The van der Waals surface area contributed by atoms with Crippen molar-refractivity contribution < 1.29 is 0 Å². The first-order valence-electron chi connectivity index (χ1n) is 5.38. The molecule has 0 radical (unpaired) electrons. The summed E-state index contributed by atoms with van der Waals surface area (Å²) in [6.07, 6.45) is 0. The lowest BCUT2D eigenvalue weighted by Crippen LogP contribution is -2.11. The first-order chi connectivity index (χ1) is 7.86. The van der Waals surface area contributed by atoms with Crippen molar-refractivity contribution in [3.8, 4) is 11.3 Å². The molecule has 1 aromatic carbocycles. The van der Waals surface area contributed by atoms with Gasteiger partial charge in [-0.05, 0) is 24.3 Å². The predicted molar refractivity (Wildman–Crippen MR) is 72.7 cm³/mol. The monoisotopic (exact) mass is 268 g/mol. The van der Waals surface area contributed by atoms with Gasteiger partial charge in [-0.15, -0.1) is 0 Å². The molecule has 4 heteroatoms. The Morgan fingerprint density at radius 3 is 2.06 bits per heavy atom. The maximum Gasteiger partial charge on any atom is 0.0924 e. The predicted octanol–water partition coefficient (Wildman–Crippen LogP) is 4.68. The molecule has 0 spiro atoms. The van der Waals surface area contributed by atoms with E-state index in [1.807, 2.05) is 18.2 Å². The fourth-order valence-electron chi connectivity index (χ4n) is 1.56. The maximum atomic E-state index is 5.97. The second-order valence-corrected chi connectivity index (χ2v) is 5.95. The van der Waals surface area contributed by atoms with Crippen molar-refractivity contribution in [3.63, 3.8) is 0 Å². The number of halogens is 2. The van der Waals surface area contributed by atoms with Gasteiger partial charge in [-0.2, -0.15) is 5.10 Å². The largest absolute Gasteiger partial charge is 0.281 e. The molecule has 0 atom stereocenters. The van der Waals surface area contributed by atoms with Crippen LogP contribution in [0.15, 0.2) is 24.3 Å². The van der Waals surface area contributed by atoms with E-state index in [1.165, 1.54) is 0 Å². The Balaban J connectivity index is 2.44. The summed E-state index contributed by atoms with van der Waals surface area (Å²) in [6, 6.07) is 7.46.